The summed E-state index contributed by atoms with van der Waals surface area (Å²) in [7, 11) is -3.49. The zero-order valence-corrected chi connectivity index (χ0v) is 12.7. The van der Waals surface area contributed by atoms with Crippen LogP contribution in [0.4, 0.5) is 4.39 Å². The van der Waals surface area contributed by atoms with E-state index >= 15 is 0 Å². The fourth-order valence-electron chi connectivity index (χ4n) is 1.89. The van der Waals surface area contributed by atoms with Gasteiger partial charge in [0.15, 0.2) is 0 Å². The predicted molar refractivity (Wildman–Crippen MR) is 77.1 cm³/mol. The molecule has 20 heavy (non-hydrogen) atoms. The lowest BCUT2D eigenvalue weighted by molar-refractivity contribution is 0.119. The quantitative estimate of drug-likeness (QED) is 0.772. The second-order valence-electron chi connectivity index (χ2n) is 5.07. The molecule has 0 atom stereocenters. The van der Waals surface area contributed by atoms with Crippen LogP contribution in [0.5, 0.6) is 0 Å². The smallest absolute Gasteiger partial charge is 0.215 e. The van der Waals surface area contributed by atoms with Crippen LogP contribution >= 0.6 is 0 Å². The Hall–Kier alpha value is -0.980. The summed E-state index contributed by atoms with van der Waals surface area (Å²) in [6.45, 7) is 4.00. The van der Waals surface area contributed by atoms with Gasteiger partial charge in [-0.25, -0.2) is 17.5 Å². The molecule has 0 heterocycles. The van der Waals surface area contributed by atoms with E-state index in [0.29, 0.717) is 18.4 Å². The van der Waals surface area contributed by atoms with Crippen LogP contribution in [0.3, 0.4) is 0 Å². The van der Waals surface area contributed by atoms with E-state index in [1.165, 1.54) is 24.3 Å². The highest BCUT2D eigenvalue weighted by atomic mass is 32.2. The molecule has 0 bridgehead atoms. The molecule has 0 aliphatic rings. The second-order valence-corrected chi connectivity index (χ2v) is 6.88. The first-order valence-electron chi connectivity index (χ1n) is 6.69. The Morgan fingerprint density at radius 3 is 2.20 bits per heavy atom. The Bertz CT molecular complexity index is 501. The molecule has 0 amide bonds. The van der Waals surface area contributed by atoms with E-state index in [2.05, 4.69) is 4.72 Å². The molecule has 114 valence electrons. The number of hydrogen-bond donors (Lipinski definition) is 2. The van der Waals surface area contributed by atoms with Crippen LogP contribution in [0, 0.1) is 11.2 Å². The van der Waals surface area contributed by atoms with Gasteiger partial charge in [0.05, 0.1) is 5.75 Å². The topological polar surface area (TPSA) is 66.4 Å². The first-order chi connectivity index (χ1) is 9.36. The van der Waals surface area contributed by atoms with Gasteiger partial charge in [0.25, 0.3) is 0 Å². The summed E-state index contributed by atoms with van der Waals surface area (Å²) in [5.74, 6) is -0.585. The van der Waals surface area contributed by atoms with Crippen LogP contribution in [0.1, 0.15) is 32.3 Å². The largest absolute Gasteiger partial charge is 0.396 e. The Morgan fingerprint density at radius 1 is 1.20 bits per heavy atom. The summed E-state index contributed by atoms with van der Waals surface area (Å²) < 4.78 is 39.3. The van der Waals surface area contributed by atoms with E-state index in [0.717, 1.165) is 0 Å². The molecular weight excluding hydrogens is 281 g/mol. The molecule has 1 rings (SSSR count). The number of nitrogens with one attached hydrogen (secondary N) is 1. The molecule has 2 N–H and O–H groups in total. The summed E-state index contributed by atoms with van der Waals surface area (Å²) in [5.41, 5.74) is 0.108. The van der Waals surface area contributed by atoms with Crippen molar-refractivity contribution < 1.29 is 17.9 Å². The number of aliphatic hydroxyl groups is 1. The SMILES string of the molecule is CCC(CC)(CO)CNS(=O)(=O)Cc1ccc(F)cc1. The summed E-state index contributed by atoms with van der Waals surface area (Å²) >= 11 is 0. The molecule has 1 aromatic carbocycles. The van der Waals surface area contributed by atoms with E-state index in [1.54, 1.807) is 0 Å². The van der Waals surface area contributed by atoms with Crippen molar-refractivity contribution >= 4 is 10.0 Å². The second kappa shape index (κ2) is 7.15. The van der Waals surface area contributed by atoms with Gasteiger partial charge in [-0.1, -0.05) is 26.0 Å². The number of halogens is 1. The van der Waals surface area contributed by atoms with Crippen molar-refractivity contribution in [1.29, 1.82) is 0 Å². The number of hydrogen-bond acceptors (Lipinski definition) is 3. The fraction of sp³-hybridized carbons (Fsp3) is 0.571. The Balaban J connectivity index is 2.68. The van der Waals surface area contributed by atoms with Gasteiger partial charge in [0, 0.05) is 18.6 Å². The number of benzene rings is 1. The molecule has 4 nitrogen and oxygen atoms in total. The first-order valence-corrected chi connectivity index (χ1v) is 8.34. The van der Waals surface area contributed by atoms with E-state index in [1.807, 2.05) is 13.8 Å². The fourth-order valence-corrected chi connectivity index (χ4v) is 3.15. The lowest BCUT2D eigenvalue weighted by Crippen LogP contribution is -2.39. The van der Waals surface area contributed by atoms with Crippen molar-refractivity contribution in [1.82, 2.24) is 4.72 Å². The predicted octanol–water partition coefficient (Wildman–Crippen LogP) is 2.04. The van der Waals surface area contributed by atoms with Gasteiger partial charge in [0.2, 0.25) is 10.0 Å². The number of sulfonamides is 1. The zero-order valence-electron chi connectivity index (χ0n) is 11.9. The number of aliphatic hydroxyl groups excluding tert-OH is 1. The minimum atomic E-state index is -3.49. The molecule has 0 fully saturated rings. The van der Waals surface area contributed by atoms with Gasteiger partial charge in [-0.15, -0.1) is 0 Å². The molecule has 0 radical (unpaired) electrons. The summed E-state index contributed by atoms with van der Waals surface area (Å²) in [6, 6.07) is 5.38. The van der Waals surface area contributed by atoms with Crippen molar-refractivity contribution in [2.75, 3.05) is 13.2 Å². The molecule has 0 aliphatic heterocycles. The maximum absolute atomic E-state index is 12.8. The third kappa shape index (κ3) is 4.85. The standard InChI is InChI=1S/C14H22FNO3S/c1-3-14(4-2,11-17)10-16-20(18,19)9-12-5-7-13(15)8-6-12/h5-8,16-17H,3-4,9-11H2,1-2H3. The highest BCUT2D eigenvalue weighted by Crippen LogP contribution is 2.24. The van der Waals surface area contributed by atoms with E-state index in [4.69, 9.17) is 0 Å². The molecule has 0 aliphatic carbocycles. The maximum atomic E-state index is 12.8. The van der Waals surface area contributed by atoms with Gasteiger partial charge in [-0.2, -0.15) is 0 Å². The van der Waals surface area contributed by atoms with Crippen molar-refractivity contribution in [2.45, 2.75) is 32.4 Å². The highest BCUT2D eigenvalue weighted by molar-refractivity contribution is 7.88. The number of rotatable bonds is 8. The monoisotopic (exact) mass is 303 g/mol. The third-order valence-corrected chi connectivity index (χ3v) is 5.07. The molecule has 0 saturated carbocycles. The lowest BCUT2D eigenvalue weighted by Gasteiger charge is -2.29. The van der Waals surface area contributed by atoms with Crippen molar-refractivity contribution in [2.24, 2.45) is 5.41 Å². The molecule has 6 heteroatoms. The first kappa shape index (κ1) is 17.1. The van der Waals surface area contributed by atoms with Crippen molar-refractivity contribution in [3.05, 3.63) is 35.6 Å². The Labute approximate surface area is 120 Å². The summed E-state index contributed by atoms with van der Waals surface area (Å²) in [5, 5.41) is 9.42. The van der Waals surface area contributed by atoms with Crippen LogP contribution in [-0.2, 0) is 15.8 Å². The molecule has 0 spiro atoms. The van der Waals surface area contributed by atoms with Gasteiger partial charge < -0.3 is 5.11 Å². The van der Waals surface area contributed by atoms with Gasteiger partial charge in [0.1, 0.15) is 5.82 Å². The van der Waals surface area contributed by atoms with Gasteiger partial charge in [-0.05, 0) is 30.5 Å². The zero-order chi connectivity index (χ0) is 15.2. The van der Waals surface area contributed by atoms with E-state index < -0.39 is 21.3 Å². The van der Waals surface area contributed by atoms with Crippen molar-refractivity contribution in [3.8, 4) is 0 Å². The average Bonchev–Trinajstić information content (AvgIpc) is 2.43. The van der Waals surface area contributed by atoms with Crippen molar-refractivity contribution in [3.63, 3.8) is 0 Å². The summed E-state index contributed by atoms with van der Waals surface area (Å²) in [4.78, 5) is 0. The van der Waals surface area contributed by atoms with Gasteiger partial charge in [-0.3, -0.25) is 0 Å². The Kier molecular flexibility index (Phi) is 6.10. The maximum Gasteiger partial charge on any atom is 0.215 e. The van der Waals surface area contributed by atoms with Crippen LogP contribution in [0.15, 0.2) is 24.3 Å². The highest BCUT2D eigenvalue weighted by Gasteiger charge is 2.27. The summed E-state index contributed by atoms with van der Waals surface area (Å²) in [6.07, 6.45) is 1.39. The molecule has 0 saturated heterocycles. The average molecular weight is 303 g/mol. The normalized spacial score (nSPS) is 12.6. The molecule has 0 unspecified atom stereocenters. The van der Waals surface area contributed by atoms with Crippen LogP contribution in [-0.4, -0.2) is 26.7 Å². The van der Waals surface area contributed by atoms with Crippen LogP contribution in [0.25, 0.3) is 0 Å². The molecule has 0 aromatic heterocycles. The molecule has 1 aromatic rings. The van der Waals surface area contributed by atoms with Gasteiger partial charge >= 0.3 is 0 Å². The molecular formula is C14H22FNO3S. The van der Waals surface area contributed by atoms with Crippen LogP contribution in [0.2, 0.25) is 0 Å². The minimum absolute atomic E-state index is 0.0565. The van der Waals surface area contributed by atoms with E-state index in [-0.39, 0.29) is 18.9 Å². The van der Waals surface area contributed by atoms with E-state index in [9.17, 15) is 17.9 Å². The minimum Gasteiger partial charge on any atom is -0.396 e. The lowest BCUT2D eigenvalue weighted by atomic mass is 9.84. The third-order valence-electron chi connectivity index (χ3n) is 3.77. The Morgan fingerprint density at radius 2 is 1.75 bits per heavy atom. The van der Waals surface area contributed by atoms with Crippen LogP contribution < -0.4 is 4.72 Å².